The topological polar surface area (TPSA) is 69.6 Å². The Balaban J connectivity index is 4.10. The Kier molecular flexibility index (Phi) is 8.62. The number of hydrogen-bond acceptors (Lipinski definition) is 3. The van der Waals surface area contributed by atoms with E-state index < -0.39 is 5.97 Å². The Morgan fingerprint density at radius 2 is 2.06 bits per heavy atom. The highest BCUT2D eigenvalue weighted by Gasteiger charge is 2.17. The van der Waals surface area contributed by atoms with Gasteiger partial charge in [-0.3, -0.25) is 4.79 Å². The molecule has 0 fully saturated rings. The van der Waals surface area contributed by atoms with Crippen LogP contribution in [0.4, 0.5) is 4.79 Å². The summed E-state index contributed by atoms with van der Waals surface area (Å²) < 4.78 is 0. The average Bonchev–Trinajstić information content (AvgIpc) is 2.32. The van der Waals surface area contributed by atoms with Crippen LogP contribution in [0.15, 0.2) is 0 Å². The molecule has 106 valence electrons. The summed E-state index contributed by atoms with van der Waals surface area (Å²) in [5, 5.41) is 11.5. The number of nitrogens with zero attached hydrogens (tertiary/aromatic N) is 1. The molecule has 2 atom stereocenters. The molecule has 0 spiro atoms. The molecule has 0 saturated heterocycles. The normalized spacial score (nSPS) is 13.8. The van der Waals surface area contributed by atoms with E-state index in [2.05, 4.69) is 5.32 Å². The maximum absolute atomic E-state index is 11.8. The Morgan fingerprint density at radius 1 is 1.44 bits per heavy atom. The molecular weight excluding hydrogens is 252 g/mol. The SMILES string of the molecule is CCC(CNC(=O)N(C)C(C)CSC)CC(=O)O. The Labute approximate surface area is 113 Å². The van der Waals surface area contributed by atoms with Crippen LogP contribution in [0, 0.1) is 5.92 Å². The standard InChI is InChI=1S/C12H24N2O3S/c1-5-10(6-11(15)16)7-13-12(17)14(3)9(2)8-18-4/h9-10H,5-8H2,1-4H3,(H,13,17)(H,15,16). The minimum Gasteiger partial charge on any atom is -0.481 e. The number of carbonyl (C=O) groups is 2. The van der Waals surface area contributed by atoms with Crippen molar-refractivity contribution >= 4 is 23.8 Å². The minimum atomic E-state index is -0.819. The third-order valence-corrected chi connectivity index (χ3v) is 3.79. The first-order chi connectivity index (χ1) is 8.42. The largest absolute Gasteiger partial charge is 0.481 e. The van der Waals surface area contributed by atoms with Gasteiger partial charge in [0.05, 0.1) is 0 Å². The van der Waals surface area contributed by atoms with Crippen LogP contribution in [-0.4, -0.2) is 53.6 Å². The van der Waals surface area contributed by atoms with Crippen molar-refractivity contribution in [3.05, 3.63) is 0 Å². The number of amides is 2. The van der Waals surface area contributed by atoms with Crippen molar-refractivity contribution in [1.29, 1.82) is 0 Å². The van der Waals surface area contributed by atoms with Crippen molar-refractivity contribution in [2.75, 3.05) is 25.6 Å². The molecule has 0 aromatic rings. The van der Waals surface area contributed by atoms with Gasteiger partial charge in [-0.05, 0) is 19.1 Å². The summed E-state index contributed by atoms with van der Waals surface area (Å²) in [6.07, 6.45) is 2.85. The lowest BCUT2D eigenvalue weighted by molar-refractivity contribution is -0.138. The molecule has 5 nitrogen and oxygen atoms in total. The predicted molar refractivity (Wildman–Crippen MR) is 75.0 cm³/mol. The van der Waals surface area contributed by atoms with E-state index in [0.717, 1.165) is 12.2 Å². The molecule has 0 aromatic carbocycles. The van der Waals surface area contributed by atoms with Gasteiger partial charge in [-0.25, -0.2) is 4.79 Å². The van der Waals surface area contributed by atoms with Crippen molar-refractivity contribution in [3.8, 4) is 0 Å². The van der Waals surface area contributed by atoms with Crippen LogP contribution in [-0.2, 0) is 4.79 Å². The Morgan fingerprint density at radius 3 is 2.50 bits per heavy atom. The van der Waals surface area contributed by atoms with Gasteiger partial charge in [-0.1, -0.05) is 13.3 Å². The van der Waals surface area contributed by atoms with Crippen LogP contribution in [0.2, 0.25) is 0 Å². The van der Waals surface area contributed by atoms with Gasteiger partial charge >= 0.3 is 12.0 Å². The number of carboxylic acid groups (broad SMARTS) is 1. The van der Waals surface area contributed by atoms with Gasteiger partial charge in [0.2, 0.25) is 0 Å². The maximum atomic E-state index is 11.8. The highest BCUT2D eigenvalue weighted by Crippen LogP contribution is 2.08. The predicted octanol–water partition coefficient (Wildman–Crippen LogP) is 1.88. The van der Waals surface area contributed by atoms with Crippen molar-refractivity contribution in [3.63, 3.8) is 0 Å². The molecule has 6 heteroatoms. The lowest BCUT2D eigenvalue weighted by Gasteiger charge is -2.25. The second-order valence-electron chi connectivity index (χ2n) is 4.47. The Bertz CT molecular complexity index is 274. The van der Waals surface area contributed by atoms with Crippen molar-refractivity contribution in [2.45, 2.75) is 32.7 Å². The number of urea groups is 1. The monoisotopic (exact) mass is 276 g/mol. The van der Waals surface area contributed by atoms with Gasteiger partial charge in [0.25, 0.3) is 0 Å². The number of rotatable bonds is 8. The van der Waals surface area contributed by atoms with Crippen molar-refractivity contribution in [1.82, 2.24) is 10.2 Å². The van der Waals surface area contributed by atoms with E-state index in [9.17, 15) is 9.59 Å². The highest BCUT2D eigenvalue weighted by atomic mass is 32.2. The van der Waals surface area contributed by atoms with E-state index in [1.165, 1.54) is 0 Å². The summed E-state index contributed by atoms with van der Waals surface area (Å²) in [6.45, 7) is 4.34. The van der Waals surface area contributed by atoms with Gasteiger partial charge < -0.3 is 15.3 Å². The molecule has 18 heavy (non-hydrogen) atoms. The molecule has 2 amide bonds. The summed E-state index contributed by atoms with van der Waals surface area (Å²) in [6, 6.07) is 0.0277. The van der Waals surface area contributed by atoms with E-state index in [1.54, 1.807) is 23.7 Å². The number of thioether (sulfide) groups is 1. The van der Waals surface area contributed by atoms with Crippen molar-refractivity contribution in [2.24, 2.45) is 5.92 Å². The van der Waals surface area contributed by atoms with Gasteiger partial charge in [-0.2, -0.15) is 11.8 Å². The molecule has 0 radical (unpaired) electrons. The third-order valence-electron chi connectivity index (χ3n) is 2.97. The molecule has 0 rings (SSSR count). The number of nitrogens with one attached hydrogen (secondary N) is 1. The molecule has 0 heterocycles. The fourth-order valence-electron chi connectivity index (χ4n) is 1.52. The van der Waals surface area contributed by atoms with E-state index in [1.807, 2.05) is 20.1 Å². The molecular formula is C12H24N2O3S. The molecule has 0 aliphatic heterocycles. The van der Waals surface area contributed by atoms with E-state index in [0.29, 0.717) is 6.54 Å². The minimum absolute atomic E-state index is 0.00398. The lowest BCUT2D eigenvalue weighted by atomic mass is 10.0. The van der Waals surface area contributed by atoms with Gasteiger partial charge in [0.1, 0.15) is 0 Å². The number of aliphatic carboxylic acids is 1. The first-order valence-electron chi connectivity index (χ1n) is 6.13. The molecule has 0 aliphatic rings. The summed E-state index contributed by atoms with van der Waals surface area (Å²) >= 11 is 1.69. The van der Waals surface area contributed by atoms with Crippen LogP contribution in [0.25, 0.3) is 0 Å². The smallest absolute Gasteiger partial charge is 0.317 e. The zero-order valence-electron chi connectivity index (χ0n) is 11.6. The summed E-state index contributed by atoms with van der Waals surface area (Å²) in [5.74, 6) is 0.0619. The Hall–Kier alpha value is -0.910. The zero-order chi connectivity index (χ0) is 14.1. The van der Waals surface area contributed by atoms with Crippen LogP contribution < -0.4 is 5.32 Å². The van der Waals surface area contributed by atoms with Gasteiger partial charge in [-0.15, -0.1) is 0 Å². The summed E-state index contributed by atoms with van der Waals surface area (Å²) in [7, 11) is 1.76. The zero-order valence-corrected chi connectivity index (χ0v) is 12.4. The summed E-state index contributed by atoms with van der Waals surface area (Å²) in [5.41, 5.74) is 0. The van der Waals surface area contributed by atoms with Crippen LogP contribution in [0.5, 0.6) is 0 Å². The van der Waals surface area contributed by atoms with Gasteiger partial charge in [0, 0.05) is 31.8 Å². The number of hydrogen-bond donors (Lipinski definition) is 2. The highest BCUT2D eigenvalue weighted by molar-refractivity contribution is 7.98. The first-order valence-corrected chi connectivity index (χ1v) is 7.53. The molecule has 2 N–H and O–H groups in total. The van der Waals surface area contributed by atoms with Gasteiger partial charge in [0.15, 0.2) is 0 Å². The van der Waals surface area contributed by atoms with Crippen LogP contribution in [0.1, 0.15) is 26.7 Å². The second kappa shape index (κ2) is 9.08. The summed E-state index contributed by atoms with van der Waals surface area (Å²) in [4.78, 5) is 24.1. The maximum Gasteiger partial charge on any atom is 0.317 e. The first kappa shape index (κ1) is 17.1. The molecule has 0 saturated carbocycles. The fraction of sp³-hybridized carbons (Fsp3) is 0.833. The van der Waals surface area contributed by atoms with Crippen LogP contribution >= 0.6 is 11.8 Å². The lowest BCUT2D eigenvalue weighted by Crippen LogP contribution is -2.44. The third kappa shape index (κ3) is 6.74. The van der Waals surface area contributed by atoms with E-state index in [-0.39, 0.29) is 24.4 Å². The van der Waals surface area contributed by atoms with Crippen molar-refractivity contribution < 1.29 is 14.7 Å². The number of carboxylic acids is 1. The van der Waals surface area contributed by atoms with Crippen LogP contribution in [0.3, 0.4) is 0 Å². The quantitative estimate of drug-likeness (QED) is 0.710. The number of carbonyl (C=O) groups excluding carboxylic acids is 1. The fourth-order valence-corrected chi connectivity index (χ4v) is 2.22. The second-order valence-corrected chi connectivity index (χ2v) is 5.38. The molecule has 0 aliphatic carbocycles. The molecule has 0 aromatic heterocycles. The molecule has 0 bridgehead atoms. The van der Waals surface area contributed by atoms with E-state index in [4.69, 9.17) is 5.11 Å². The van der Waals surface area contributed by atoms with E-state index >= 15 is 0 Å². The average molecular weight is 276 g/mol. The molecule has 2 unspecified atom stereocenters.